The molecule has 1 amide bonds. The smallest absolute Gasteiger partial charge is 0.257 e. The maximum Gasteiger partial charge on any atom is 0.257 e. The van der Waals surface area contributed by atoms with Gasteiger partial charge in [0.05, 0.1) is 18.1 Å². The topological polar surface area (TPSA) is 80.6 Å². The van der Waals surface area contributed by atoms with Gasteiger partial charge in [0, 0.05) is 42.7 Å². The van der Waals surface area contributed by atoms with Gasteiger partial charge in [-0.2, -0.15) is 0 Å². The van der Waals surface area contributed by atoms with Crippen molar-refractivity contribution in [1.82, 2.24) is 9.88 Å². The summed E-state index contributed by atoms with van der Waals surface area (Å²) in [6.07, 6.45) is 1.03. The first kappa shape index (κ1) is 25.1. The van der Waals surface area contributed by atoms with E-state index in [9.17, 15) is 19.1 Å². The SMILES string of the molecule is Cn1cc(C(=O)NCc2ccc(Cl)cc2)c(=O)c2cc(COCCC(O)c3cccc(F)c3)sc21. The van der Waals surface area contributed by atoms with E-state index in [-0.39, 0.29) is 30.8 Å². The Morgan fingerprint density at radius 2 is 2.00 bits per heavy atom. The fraction of sp³-hybridized carbons (Fsp3) is 0.231. The molecule has 0 aliphatic rings. The van der Waals surface area contributed by atoms with Crippen LogP contribution in [0.1, 0.15) is 38.9 Å². The van der Waals surface area contributed by atoms with Crippen molar-refractivity contribution < 1.29 is 19.0 Å². The van der Waals surface area contributed by atoms with Crippen LogP contribution in [0.3, 0.4) is 0 Å². The second-order valence-corrected chi connectivity index (χ2v) is 9.69. The first-order chi connectivity index (χ1) is 16.8. The molecule has 4 rings (SSSR count). The lowest BCUT2D eigenvalue weighted by Crippen LogP contribution is -2.29. The molecule has 2 N–H and O–H groups in total. The van der Waals surface area contributed by atoms with Crippen LogP contribution in [0, 0.1) is 5.82 Å². The zero-order valence-corrected chi connectivity index (χ0v) is 20.5. The van der Waals surface area contributed by atoms with E-state index in [1.54, 1.807) is 48.1 Å². The van der Waals surface area contributed by atoms with Crippen LogP contribution in [0.25, 0.3) is 10.2 Å². The highest BCUT2D eigenvalue weighted by Crippen LogP contribution is 2.25. The molecule has 2 heterocycles. The van der Waals surface area contributed by atoms with E-state index in [1.165, 1.54) is 23.5 Å². The van der Waals surface area contributed by atoms with Gasteiger partial charge in [0.2, 0.25) is 5.43 Å². The first-order valence-electron chi connectivity index (χ1n) is 11.0. The molecular weight excluding hydrogens is 491 g/mol. The van der Waals surface area contributed by atoms with Gasteiger partial charge in [0.25, 0.3) is 5.91 Å². The average molecular weight is 515 g/mol. The summed E-state index contributed by atoms with van der Waals surface area (Å²) in [6, 6.07) is 14.7. The molecule has 1 unspecified atom stereocenters. The predicted octanol–water partition coefficient (Wildman–Crippen LogP) is 4.96. The molecule has 0 bridgehead atoms. The number of rotatable bonds is 9. The number of benzene rings is 2. The van der Waals surface area contributed by atoms with E-state index in [0.717, 1.165) is 15.3 Å². The highest BCUT2D eigenvalue weighted by Gasteiger charge is 2.17. The fourth-order valence-corrected chi connectivity index (χ4v) is 4.82. The summed E-state index contributed by atoms with van der Waals surface area (Å²) in [7, 11) is 1.79. The molecule has 0 fully saturated rings. The van der Waals surface area contributed by atoms with Crippen LogP contribution in [0.2, 0.25) is 5.02 Å². The monoisotopic (exact) mass is 514 g/mol. The number of nitrogens with zero attached hydrogens (tertiary/aromatic N) is 1. The van der Waals surface area contributed by atoms with Crippen molar-refractivity contribution in [2.45, 2.75) is 25.7 Å². The zero-order valence-electron chi connectivity index (χ0n) is 19.0. The molecule has 1 atom stereocenters. The van der Waals surface area contributed by atoms with Gasteiger partial charge in [-0.1, -0.05) is 35.9 Å². The molecule has 0 aliphatic heterocycles. The first-order valence-corrected chi connectivity index (χ1v) is 12.2. The fourth-order valence-electron chi connectivity index (χ4n) is 3.67. The molecule has 2 aromatic heterocycles. The van der Waals surface area contributed by atoms with Gasteiger partial charge in [0.1, 0.15) is 16.2 Å². The van der Waals surface area contributed by atoms with Gasteiger partial charge in [-0.3, -0.25) is 9.59 Å². The summed E-state index contributed by atoms with van der Waals surface area (Å²) in [5, 5.41) is 14.1. The maximum absolute atomic E-state index is 13.3. The van der Waals surface area contributed by atoms with Gasteiger partial charge in [0.15, 0.2) is 0 Å². The number of hydrogen-bond acceptors (Lipinski definition) is 5. The van der Waals surface area contributed by atoms with Crippen molar-refractivity contribution in [3.8, 4) is 0 Å². The van der Waals surface area contributed by atoms with Crippen molar-refractivity contribution in [2.24, 2.45) is 7.05 Å². The van der Waals surface area contributed by atoms with Gasteiger partial charge in [-0.15, -0.1) is 11.3 Å². The predicted molar refractivity (Wildman–Crippen MR) is 135 cm³/mol. The summed E-state index contributed by atoms with van der Waals surface area (Å²) >= 11 is 7.30. The lowest BCUT2D eigenvalue weighted by Gasteiger charge is -2.11. The molecule has 0 aliphatic carbocycles. The quantitative estimate of drug-likeness (QED) is 0.309. The minimum atomic E-state index is -0.826. The molecule has 35 heavy (non-hydrogen) atoms. The Morgan fingerprint density at radius 3 is 2.74 bits per heavy atom. The molecule has 2 aromatic carbocycles. The number of pyridine rings is 1. The van der Waals surface area contributed by atoms with Crippen LogP contribution in [0.5, 0.6) is 0 Å². The lowest BCUT2D eigenvalue weighted by molar-refractivity contribution is 0.0744. The van der Waals surface area contributed by atoms with E-state index in [0.29, 0.717) is 22.4 Å². The second-order valence-electron chi connectivity index (χ2n) is 8.14. The van der Waals surface area contributed by atoms with Gasteiger partial charge < -0.3 is 19.7 Å². The molecule has 9 heteroatoms. The maximum atomic E-state index is 13.3. The number of nitrogens with one attached hydrogen (secondary N) is 1. The molecule has 4 aromatic rings. The number of ether oxygens (including phenoxy) is 1. The summed E-state index contributed by atoms with van der Waals surface area (Å²) in [4.78, 5) is 27.3. The van der Waals surface area contributed by atoms with Crippen LogP contribution in [-0.2, 0) is 24.9 Å². The number of thiophene rings is 1. The standard InChI is InChI=1S/C26H24ClFN2O4S/c1-30-14-22(25(33)29-13-16-5-7-18(27)8-6-16)24(32)21-12-20(35-26(21)30)15-34-10-9-23(31)17-3-2-4-19(28)11-17/h2-8,11-12,14,23,31H,9-10,13,15H2,1H3,(H,29,33). The minimum Gasteiger partial charge on any atom is -0.388 e. The van der Waals surface area contributed by atoms with E-state index in [2.05, 4.69) is 5.32 Å². The third kappa shape index (κ3) is 6.15. The molecule has 0 saturated heterocycles. The van der Waals surface area contributed by atoms with Crippen LogP contribution in [0.4, 0.5) is 4.39 Å². The number of fused-ring (bicyclic) bond motifs is 1. The number of aliphatic hydroxyl groups excluding tert-OH is 1. The summed E-state index contributed by atoms with van der Waals surface area (Å²) in [5.74, 6) is -0.843. The Morgan fingerprint density at radius 1 is 1.23 bits per heavy atom. The molecular formula is C26H24ClFN2O4S. The number of aromatic nitrogens is 1. The highest BCUT2D eigenvalue weighted by atomic mass is 35.5. The molecule has 0 saturated carbocycles. The third-order valence-electron chi connectivity index (χ3n) is 5.52. The van der Waals surface area contributed by atoms with Crippen LogP contribution >= 0.6 is 22.9 Å². The van der Waals surface area contributed by atoms with Crippen molar-refractivity contribution in [3.05, 3.63) is 103 Å². The number of amides is 1. The number of carbonyl (C=O) groups excluding carboxylic acids is 1. The average Bonchev–Trinajstić information content (AvgIpc) is 3.28. The number of aliphatic hydroxyl groups is 1. The minimum absolute atomic E-state index is 0.0671. The van der Waals surface area contributed by atoms with E-state index >= 15 is 0 Å². The van der Waals surface area contributed by atoms with Gasteiger partial charge >= 0.3 is 0 Å². The molecule has 182 valence electrons. The normalized spacial score (nSPS) is 12.1. The van der Waals surface area contributed by atoms with Crippen LogP contribution in [0.15, 0.2) is 65.6 Å². The van der Waals surface area contributed by atoms with E-state index < -0.39 is 17.8 Å². The summed E-state index contributed by atoms with van der Waals surface area (Å²) in [6.45, 7) is 0.800. The summed E-state index contributed by atoms with van der Waals surface area (Å²) in [5.41, 5.74) is 1.10. The van der Waals surface area contributed by atoms with Crippen molar-refractivity contribution >= 4 is 39.1 Å². The Labute approximate surface area is 210 Å². The Bertz CT molecular complexity index is 1400. The van der Waals surface area contributed by atoms with E-state index in [4.69, 9.17) is 16.3 Å². The number of aryl methyl sites for hydroxylation is 1. The highest BCUT2D eigenvalue weighted by molar-refractivity contribution is 7.18. The van der Waals surface area contributed by atoms with Crippen LogP contribution in [-0.4, -0.2) is 22.2 Å². The van der Waals surface area contributed by atoms with Crippen molar-refractivity contribution in [3.63, 3.8) is 0 Å². The largest absolute Gasteiger partial charge is 0.388 e. The molecule has 6 nitrogen and oxygen atoms in total. The zero-order chi connectivity index (χ0) is 24.9. The molecule has 0 radical (unpaired) electrons. The Kier molecular flexibility index (Phi) is 7.97. The number of halogens is 2. The van der Waals surface area contributed by atoms with Crippen LogP contribution < -0.4 is 10.7 Å². The lowest BCUT2D eigenvalue weighted by atomic mass is 10.1. The van der Waals surface area contributed by atoms with Gasteiger partial charge in [-0.05, 0) is 41.5 Å². The van der Waals surface area contributed by atoms with E-state index in [1.807, 2.05) is 12.1 Å². The Balaban J connectivity index is 1.39. The van der Waals surface area contributed by atoms with Gasteiger partial charge in [-0.25, -0.2) is 4.39 Å². The summed E-state index contributed by atoms with van der Waals surface area (Å²) < 4.78 is 20.8. The second kappa shape index (κ2) is 11.1. The Hall–Kier alpha value is -3.04. The molecule has 0 spiro atoms. The van der Waals surface area contributed by atoms with Crippen molar-refractivity contribution in [2.75, 3.05) is 6.61 Å². The third-order valence-corrected chi connectivity index (χ3v) is 6.97. The number of hydrogen-bond donors (Lipinski definition) is 2. The van der Waals surface area contributed by atoms with Crippen molar-refractivity contribution in [1.29, 1.82) is 0 Å². The number of carbonyl (C=O) groups is 1.